The molecule has 2 rings (SSSR count). The summed E-state index contributed by atoms with van der Waals surface area (Å²) in [6.45, 7) is 4.22. The van der Waals surface area contributed by atoms with E-state index >= 15 is 0 Å². The SMILES string of the molecule is C[C@@H]1CCC[C@H](C)N1S(=O)(=O)c1ccc(CN)c(Cl)c1. The van der Waals surface area contributed by atoms with Crippen LogP contribution in [0.15, 0.2) is 23.1 Å². The molecular weight excluding hydrogens is 296 g/mol. The Labute approximate surface area is 126 Å². The summed E-state index contributed by atoms with van der Waals surface area (Å²) in [6, 6.07) is 4.84. The summed E-state index contributed by atoms with van der Waals surface area (Å²) in [6.07, 6.45) is 2.87. The number of nitrogens with zero attached hydrogens (tertiary/aromatic N) is 1. The van der Waals surface area contributed by atoms with Gasteiger partial charge in [0.15, 0.2) is 0 Å². The molecule has 0 saturated carbocycles. The zero-order chi connectivity index (χ0) is 14.9. The molecule has 4 nitrogen and oxygen atoms in total. The molecule has 6 heteroatoms. The van der Waals surface area contributed by atoms with Crippen LogP contribution in [0, 0.1) is 0 Å². The van der Waals surface area contributed by atoms with Crippen molar-refractivity contribution >= 4 is 21.6 Å². The van der Waals surface area contributed by atoms with Crippen molar-refractivity contribution in [2.45, 2.75) is 56.6 Å². The Hall–Kier alpha value is -0.620. The van der Waals surface area contributed by atoms with E-state index in [1.54, 1.807) is 16.4 Å². The summed E-state index contributed by atoms with van der Waals surface area (Å²) in [4.78, 5) is 0.250. The van der Waals surface area contributed by atoms with Gasteiger partial charge in [-0.25, -0.2) is 8.42 Å². The molecule has 2 atom stereocenters. The van der Waals surface area contributed by atoms with Gasteiger partial charge in [-0.05, 0) is 44.4 Å². The third-order valence-corrected chi connectivity index (χ3v) is 6.41. The molecular formula is C14H21ClN2O2S. The molecule has 20 heavy (non-hydrogen) atoms. The first-order chi connectivity index (χ1) is 9.37. The molecule has 0 aromatic heterocycles. The van der Waals surface area contributed by atoms with Crippen LogP contribution in [0.25, 0.3) is 0 Å². The molecule has 0 radical (unpaired) electrons. The molecule has 0 bridgehead atoms. The van der Waals surface area contributed by atoms with Gasteiger partial charge in [-0.3, -0.25) is 0 Å². The molecule has 1 aromatic rings. The van der Waals surface area contributed by atoms with Crippen molar-refractivity contribution in [2.24, 2.45) is 5.73 Å². The maximum Gasteiger partial charge on any atom is 0.243 e. The summed E-state index contributed by atoms with van der Waals surface area (Å²) < 4.78 is 27.2. The fraction of sp³-hybridized carbons (Fsp3) is 0.571. The summed E-state index contributed by atoms with van der Waals surface area (Å²) in [5.41, 5.74) is 6.31. The molecule has 112 valence electrons. The lowest BCUT2D eigenvalue weighted by atomic mass is 10.0. The van der Waals surface area contributed by atoms with Gasteiger partial charge in [0.1, 0.15) is 0 Å². The predicted octanol–water partition coefficient (Wildman–Crippen LogP) is 2.75. The normalized spacial score (nSPS) is 24.8. The summed E-state index contributed by atoms with van der Waals surface area (Å²) in [5.74, 6) is 0. The Kier molecular flexibility index (Phi) is 4.74. The number of piperidine rings is 1. The molecule has 2 N–H and O–H groups in total. The lowest BCUT2D eigenvalue weighted by Crippen LogP contribution is -2.47. The van der Waals surface area contributed by atoms with Crippen molar-refractivity contribution in [1.82, 2.24) is 4.31 Å². The van der Waals surface area contributed by atoms with E-state index in [9.17, 15) is 8.42 Å². The molecule has 0 aliphatic carbocycles. The largest absolute Gasteiger partial charge is 0.326 e. The monoisotopic (exact) mass is 316 g/mol. The highest BCUT2D eigenvalue weighted by Gasteiger charge is 2.35. The van der Waals surface area contributed by atoms with E-state index in [2.05, 4.69) is 0 Å². The van der Waals surface area contributed by atoms with Crippen molar-refractivity contribution in [3.63, 3.8) is 0 Å². The van der Waals surface area contributed by atoms with Gasteiger partial charge in [0.2, 0.25) is 10.0 Å². The first-order valence-corrected chi connectivity index (χ1v) is 8.71. The smallest absolute Gasteiger partial charge is 0.243 e. The number of benzene rings is 1. The lowest BCUT2D eigenvalue weighted by Gasteiger charge is -2.37. The van der Waals surface area contributed by atoms with Gasteiger partial charge < -0.3 is 5.73 Å². The Morgan fingerprint density at radius 2 is 1.90 bits per heavy atom. The van der Waals surface area contributed by atoms with Gasteiger partial charge in [-0.15, -0.1) is 0 Å². The van der Waals surface area contributed by atoms with Gasteiger partial charge in [0, 0.05) is 23.7 Å². The zero-order valence-corrected chi connectivity index (χ0v) is 13.4. The average Bonchev–Trinajstić information content (AvgIpc) is 2.38. The summed E-state index contributed by atoms with van der Waals surface area (Å²) in [5, 5.41) is 0.408. The first kappa shape index (κ1) is 15.8. The maximum absolute atomic E-state index is 12.8. The lowest BCUT2D eigenvalue weighted by molar-refractivity contribution is 0.204. The molecule has 0 unspecified atom stereocenters. The molecule has 0 amide bonds. The summed E-state index contributed by atoms with van der Waals surface area (Å²) in [7, 11) is -3.50. The average molecular weight is 317 g/mol. The van der Waals surface area contributed by atoms with E-state index < -0.39 is 10.0 Å². The second-order valence-corrected chi connectivity index (χ2v) is 7.67. The Morgan fingerprint density at radius 1 is 1.30 bits per heavy atom. The third kappa shape index (κ3) is 2.86. The van der Waals surface area contributed by atoms with Crippen LogP contribution in [0.1, 0.15) is 38.7 Å². The van der Waals surface area contributed by atoms with Gasteiger partial charge in [0.05, 0.1) is 4.90 Å². The van der Waals surface area contributed by atoms with Crippen LogP contribution in [-0.4, -0.2) is 24.8 Å². The van der Waals surface area contributed by atoms with Crippen LogP contribution < -0.4 is 5.73 Å². The van der Waals surface area contributed by atoms with Crippen molar-refractivity contribution in [3.8, 4) is 0 Å². The van der Waals surface area contributed by atoms with E-state index in [-0.39, 0.29) is 17.0 Å². The number of halogens is 1. The fourth-order valence-electron chi connectivity index (χ4n) is 2.85. The highest BCUT2D eigenvalue weighted by atomic mass is 35.5. The molecule has 1 fully saturated rings. The first-order valence-electron chi connectivity index (χ1n) is 6.90. The van der Waals surface area contributed by atoms with Gasteiger partial charge in [-0.2, -0.15) is 4.31 Å². The molecule has 1 aromatic carbocycles. The van der Waals surface area contributed by atoms with Crippen molar-refractivity contribution in [2.75, 3.05) is 0 Å². The number of hydrogen-bond acceptors (Lipinski definition) is 3. The Morgan fingerprint density at radius 3 is 2.40 bits per heavy atom. The highest BCUT2D eigenvalue weighted by molar-refractivity contribution is 7.89. The fourth-order valence-corrected chi connectivity index (χ4v) is 5.08. The van der Waals surface area contributed by atoms with E-state index in [1.165, 1.54) is 6.07 Å². The van der Waals surface area contributed by atoms with Crippen LogP contribution in [0.4, 0.5) is 0 Å². The molecule has 1 saturated heterocycles. The zero-order valence-electron chi connectivity index (χ0n) is 11.8. The van der Waals surface area contributed by atoms with Crippen molar-refractivity contribution in [1.29, 1.82) is 0 Å². The topological polar surface area (TPSA) is 63.4 Å². The second-order valence-electron chi connectivity index (χ2n) is 5.42. The van der Waals surface area contributed by atoms with Crippen LogP contribution in [0.2, 0.25) is 5.02 Å². The molecule has 1 aliphatic rings. The standard InChI is InChI=1S/C14H21ClN2O2S/c1-10-4-3-5-11(2)17(10)20(18,19)13-7-6-12(9-16)14(15)8-13/h6-8,10-11H,3-5,9,16H2,1-2H3/t10-,11+. The minimum Gasteiger partial charge on any atom is -0.326 e. The van der Waals surface area contributed by atoms with Crippen molar-refractivity contribution in [3.05, 3.63) is 28.8 Å². The second kappa shape index (κ2) is 6.02. The van der Waals surface area contributed by atoms with E-state index in [0.29, 0.717) is 11.6 Å². The third-order valence-electron chi connectivity index (χ3n) is 3.93. The van der Waals surface area contributed by atoms with Crippen LogP contribution >= 0.6 is 11.6 Å². The van der Waals surface area contributed by atoms with Gasteiger partial charge in [0.25, 0.3) is 0 Å². The van der Waals surface area contributed by atoms with Crippen LogP contribution in [0.3, 0.4) is 0 Å². The molecule has 0 spiro atoms. The highest BCUT2D eigenvalue weighted by Crippen LogP contribution is 2.31. The maximum atomic E-state index is 12.8. The number of nitrogens with two attached hydrogens (primary N) is 1. The van der Waals surface area contributed by atoms with Gasteiger partial charge >= 0.3 is 0 Å². The van der Waals surface area contributed by atoms with E-state index in [4.69, 9.17) is 17.3 Å². The van der Waals surface area contributed by atoms with Gasteiger partial charge in [-0.1, -0.05) is 24.1 Å². The molecule has 1 heterocycles. The Bertz CT molecular complexity index is 579. The number of rotatable bonds is 3. The van der Waals surface area contributed by atoms with Crippen LogP contribution in [-0.2, 0) is 16.6 Å². The minimum absolute atomic E-state index is 0.0247. The molecule has 1 aliphatic heterocycles. The van der Waals surface area contributed by atoms with E-state index in [0.717, 1.165) is 24.8 Å². The predicted molar refractivity (Wildman–Crippen MR) is 81.1 cm³/mol. The number of sulfonamides is 1. The van der Waals surface area contributed by atoms with Crippen molar-refractivity contribution < 1.29 is 8.42 Å². The van der Waals surface area contributed by atoms with Crippen LogP contribution in [0.5, 0.6) is 0 Å². The minimum atomic E-state index is -3.50. The quantitative estimate of drug-likeness (QED) is 0.932. The number of hydrogen-bond donors (Lipinski definition) is 1. The Balaban J connectivity index is 2.41. The van der Waals surface area contributed by atoms with E-state index in [1.807, 2.05) is 13.8 Å². The summed E-state index contributed by atoms with van der Waals surface area (Å²) >= 11 is 6.08.